The van der Waals surface area contributed by atoms with E-state index in [0.717, 1.165) is 36.3 Å². The predicted octanol–water partition coefficient (Wildman–Crippen LogP) is 3.74. The minimum Gasteiger partial charge on any atom is -0.354 e. The maximum atomic E-state index is 12.2. The number of benzene rings is 1. The highest BCUT2D eigenvalue weighted by atomic mass is 16.1. The molecule has 0 spiro atoms. The van der Waals surface area contributed by atoms with Crippen molar-refractivity contribution in [2.45, 2.75) is 19.3 Å². The number of ketones is 1. The second kappa shape index (κ2) is 8.29. The van der Waals surface area contributed by atoms with E-state index in [-0.39, 0.29) is 5.78 Å². The highest BCUT2D eigenvalue weighted by Crippen LogP contribution is 2.18. The van der Waals surface area contributed by atoms with Crippen LogP contribution in [0.3, 0.4) is 0 Å². The van der Waals surface area contributed by atoms with Crippen molar-refractivity contribution in [3.8, 4) is 0 Å². The maximum absolute atomic E-state index is 12.2. The normalized spacial score (nSPS) is 10.7. The number of rotatable bonds is 8. The van der Waals surface area contributed by atoms with E-state index in [1.54, 1.807) is 12.4 Å². The molecule has 0 saturated carbocycles. The molecule has 1 N–H and O–H groups in total. The van der Waals surface area contributed by atoms with Crippen molar-refractivity contribution >= 4 is 17.2 Å². The lowest BCUT2D eigenvalue weighted by atomic mass is 10.0. The van der Waals surface area contributed by atoms with Gasteiger partial charge in [0.25, 0.3) is 0 Å². The third kappa shape index (κ3) is 5.30. The van der Waals surface area contributed by atoms with E-state index >= 15 is 0 Å². The summed E-state index contributed by atoms with van der Waals surface area (Å²) in [7, 11) is 4.10. The molecule has 0 unspecified atom stereocenters. The number of hydrogen-bond acceptors (Lipinski definition) is 4. The minimum absolute atomic E-state index is 0.202. The van der Waals surface area contributed by atoms with Crippen LogP contribution in [0.4, 0.5) is 11.4 Å². The average Bonchev–Trinajstić information content (AvgIpc) is 2.52. The molecule has 1 aromatic carbocycles. The van der Waals surface area contributed by atoms with Gasteiger partial charge in [0.15, 0.2) is 5.78 Å². The fourth-order valence-electron chi connectivity index (χ4n) is 2.23. The molecule has 0 saturated heterocycles. The highest BCUT2D eigenvalue weighted by Gasteiger charge is 2.06. The quantitative estimate of drug-likeness (QED) is 0.595. The zero-order valence-corrected chi connectivity index (χ0v) is 13.2. The van der Waals surface area contributed by atoms with Crippen LogP contribution in [-0.2, 0) is 0 Å². The third-order valence-corrected chi connectivity index (χ3v) is 3.39. The van der Waals surface area contributed by atoms with Crippen molar-refractivity contribution in [3.63, 3.8) is 0 Å². The number of carbonyl (C=O) groups excluding carboxylic acids is 1. The molecule has 4 nitrogen and oxygen atoms in total. The number of pyridine rings is 1. The molecule has 0 aliphatic rings. The number of unbranched alkanes of at least 4 members (excludes halogenated alkanes) is 1. The maximum Gasteiger partial charge on any atom is 0.162 e. The lowest BCUT2D eigenvalue weighted by Gasteiger charge is -2.09. The van der Waals surface area contributed by atoms with E-state index in [1.165, 1.54) is 0 Å². The Morgan fingerprint density at radius 1 is 1.14 bits per heavy atom. The Morgan fingerprint density at radius 3 is 2.68 bits per heavy atom. The highest BCUT2D eigenvalue weighted by molar-refractivity contribution is 5.97. The van der Waals surface area contributed by atoms with Gasteiger partial charge in [-0.15, -0.1) is 0 Å². The lowest BCUT2D eigenvalue weighted by Crippen LogP contribution is -2.13. The first-order valence-corrected chi connectivity index (χ1v) is 7.60. The first kappa shape index (κ1) is 16.2. The van der Waals surface area contributed by atoms with E-state index in [0.29, 0.717) is 6.42 Å². The molecule has 22 heavy (non-hydrogen) atoms. The topological polar surface area (TPSA) is 45.2 Å². The molecule has 0 atom stereocenters. The first-order valence-electron chi connectivity index (χ1n) is 7.60. The van der Waals surface area contributed by atoms with Gasteiger partial charge in [0.1, 0.15) is 0 Å². The molecule has 116 valence electrons. The zero-order chi connectivity index (χ0) is 15.8. The average molecular weight is 297 g/mol. The Hall–Kier alpha value is -2.20. The van der Waals surface area contributed by atoms with E-state index in [1.807, 2.05) is 36.4 Å². The molecule has 1 heterocycles. The summed E-state index contributed by atoms with van der Waals surface area (Å²) in [5.74, 6) is 0.202. The molecule has 0 fully saturated rings. The van der Waals surface area contributed by atoms with Gasteiger partial charge in [0, 0.05) is 23.9 Å². The number of carbonyl (C=O) groups is 1. The van der Waals surface area contributed by atoms with Crippen LogP contribution in [-0.4, -0.2) is 36.3 Å². The fourth-order valence-corrected chi connectivity index (χ4v) is 2.23. The Kier molecular flexibility index (Phi) is 6.10. The summed E-state index contributed by atoms with van der Waals surface area (Å²) in [6.07, 6.45) is 6.07. The zero-order valence-electron chi connectivity index (χ0n) is 13.2. The van der Waals surface area contributed by atoms with Gasteiger partial charge in [-0.25, -0.2) is 0 Å². The van der Waals surface area contributed by atoms with Crippen LogP contribution in [0.5, 0.6) is 0 Å². The van der Waals surface area contributed by atoms with Crippen LogP contribution in [0.25, 0.3) is 0 Å². The van der Waals surface area contributed by atoms with Crippen LogP contribution < -0.4 is 5.32 Å². The minimum atomic E-state index is 0.202. The van der Waals surface area contributed by atoms with Crippen LogP contribution in [0, 0.1) is 0 Å². The summed E-state index contributed by atoms with van der Waals surface area (Å²) < 4.78 is 0. The molecule has 0 radical (unpaired) electrons. The number of nitrogens with one attached hydrogen (secondary N) is 1. The first-order chi connectivity index (χ1) is 10.6. The SMILES string of the molecule is CN(C)CCCCC(=O)c1cccc(Nc2cccnc2)c1. The Morgan fingerprint density at radius 2 is 1.95 bits per heavy atom. The second-order valence-corrected chi connectivity index (χ2v) is 5.63. The van der Waals surface area contributed by atoms with Gasteiger partial charge in [0.2, 0.25) is 0 Å². The van der Waals surface area contributed by atoms with Crippen molar-refractivity contribution in [2.24, 2.45) is 0 Å². The van der Waals surface area contributed by atoms with Gasteiger partial charge >= 0.3 is 0 Å². The summed E-state index contributed by atoms with van der Waals surface area (Å²) in [6, 6.07) is 11.5. The molecule has 0 aliphatic carbocycles. The molecular formula is C18H23N3O. The number of anilines is 2. The fraction of sp³-hybridized carbons (Fsp3) is 0.333. The molecule has 2 aromatic rings. The molecular weight excluding hydrogens is 274 g/mol. The van der Waals surface area contributed by atoms with Crippen LogP contribution in [0.15, 0.2) is 48.8 Å². The summed E-state index contributed by atoms with van der Waals surface area (Å²) in [5.41, 5.74) is 2.59. The number of aromatic nitrogens is 1. The smallest absolute Gasteiger partial charge is 0.162 e. The van der Waals surface area contributed by atoms with Crippen molar-refractivity contribution in [1.82, 2.24) is 9.88 Å². The van der Waals surface area contributed by atoms with Crippen molar-refractivity contribution < 1.29 is 4.79 Å². The van der Waals surface area contributed by atoms with Gasteiger partial charge in [-0.05, 0) is 57.7 Å². The Bertz CT molecular complexity index is 596. The second-order valence-electron chi connectivity index (χ2n) is 5.63. The van der Waals surface area contributed by atoms with E-state index in [2.05, 4.69) is 29.3 Å². The van der Waals surface area contributed by atoms with Gasteiger partial charge in [-0.2, -0.15) is 0 Å². The summed E-state index contributed by atoms with van der Waals surface area (Å²) in [4.78, 5) is 18.5. The largest absolute Gasteiger partial charge is 0.354 e. The summed E-state index contributed by atoms with van der Waals surface area (Å²) in [6.45, 7) is 1.02. The van der Waals surface area contributed by atoms with Gasteiger partial charge in [-0.3, -0.25) is 9.78 Å². The summed E-state index contributed by atoms with van der Waals surface area (Å²) in [5, 5.41) is 3.26. The van der Waals surface area contributed by atoms with E-state index < -0.39 is 0 Å². The number of Topliss-reactive ketones (excluding diaryl/α,β-unsaturated/α-hetero) is 1. The number of hydrogen-bond donors (Lipinski definition) is 1. The van der Waals surface area contributed by atoms with E-state index in [9.17, 15) is 4.79 Å². The molecule has 4 heteroatoms. The van der Waals surface area contributed by atoms with Gasteiger partial charge in [-0.1, -0.05) is 12.1 Å². The van der Waals surface area contributed by atoms with Crippen LogP contribution in [0.2, 0.25) is 0 Å². The molecule has 0 aliphatic heterocycles. The molecule has 1 aromatic heterocycles. The Balaban J connectivity index is 1.91. The van der Waals surface area contributed by atoms with Crippen molar-refractivity contribution in [2.75, 3.05) is 26.0 Å². The van der Waals surface area contributed by atoms with Crippen molar-refractivity contribution in [3.05, 3.63) is 54.4 Å². The Labute approximate surface area is 132 Å². The molecule has 2 rings (SSSR count). The van der Waals surface area contributed by atoms with Crippen LogP contribution >= 0.6 is 0 Å². The monoisotopic (exact) mass is 297 g/mol. The third-order valence-electron chi connectivity index (χ3n) is 3.39. The predicted molar refractivity (Wildman–Crippen MR) is 90.7 cm³/mol. The standard InChI is InChI=1S/C18H23N3O/c1-21(2)12-4-3-10-18(22)15-7-5-8-16(13-15)20-17-9-6-11-19-14-17/h5-9,11,13-14,20H,3-4,10,12H2,1-2H3. The molecule has 0 amide bonds. The van der Waals surface area contributed by atoms with Gasteiger partial charge in [0.05, 0.1) is 11.9 Å². The van der Waals surface area contributed by atoms with Crippen LogP contribution in [0.1, 0.15) is 29.6 Å². The van der Waals surface area contributed by atoms with Crippen molar-refractivity contribution in [1.29, 1.82) is 0 Å². The summed E-state index contributed by atoms with van der Waals surface area (Å²) >= 11 is 0. The van der Waals surface area contributed by atoms with E-state index in [4.69, 9.17) is 0 Å². The number of nitrogens with zero attached hydrogens (tertiary/aromatic N) is 2. The lowest BCUT2D eigenvalue weighted by molar-refractivity contribution is 0.0978. The van der Waals surface area contributed by atoms with Gasteiger partial charge < -0.3 is 10.2 Å². The molecule has 0 bridgehead atoms.